The van der Waals surface area contributed by atoms with Gasteiger partial charge in [0.1, 0.15) is 5.75 Å². The molecule has 0 radical (unpaired) electrons. The minimum absolute atomic E-state index is 0.0414. The van der Waals surface area contributed by atoms with E-state index in [0.717, 1.165) is 55.0 Å². The van der Waals surface area contributed by atoms with Crippen molar-refractivity contribution < 1.29 is 9.53 Å². The maximum atomic E-state index is 12.8. The molecule has 1 amide bonds. The van der Waals surface area contributed by atoms with E-state index in [1.807, 2.05) is 37.5 Å². The quantitative estimate of drug-likeness (QED) is 0.718. The fraction of sp³-hybridized carbons (Fsp3) is 0.364. The molecule has 4 heterocycles. The van der Waals surface area contributed by atoms with Gasteiger partial charge in [0.2, 0.25) is 5.95 Å². The van der Waals surface area contributed by atoms with Crippen LogP contribution in [-0.4, -0.2) is 51.4 Å². The number of hydrogen-bond acceptors (Lipinski definition) is 6. The Balaban J connectivity index is 1.25. The maximum absolute atomic E-state index is 12.8. The number of ether oxygens (including phenoxy) is 1. The van der Waals surface area contributed by atoms with Gasteiger partial charge in [0.05, 0.1) is 18.5 Å². The van der Waals surface area contributed by atoms with Crippen molar-refractivity contribution in [3.63, 3.8) is 0 Å². The van der Waals surface area contributed by atoms with Crippen LogP contribution in [0.15, 0.2) is 42.9 Å². The van der Waals surface area contributed by atoms with Crippen LogP contribution in [0.5, 0.6) is 5.75 Å². The lowest BCUT2D eigenvalue weighted by Crippen LogP contribution is -2.37. The van der Waals surface area contributed by atoms with Crippen LogP contribution in [-0.2, 0) is 13.5 Å². The third-order valence-corrected chi connectivity index (χ3v) is 5.62. The SMILES string of the molecule is Cn1cc(-c2ccnc(N3CCC(NC(=O)c4ccc5c(c4)CCCO5)C3)n2)cn1. The van der Waals surface area contributed by atoms with E-state index in [2.05, 4.69) is 20.3 Å². The van der Waals surface area contributed by atoms with Crippen LogP contribution in [0.2, 0.25) is 0 Å². The van der Waals surface area contributed by atoms with Gasteiger partial charge < -0.3 is 15.0 Å². The van der Waals surface area contributed by atoms with Crippen molar-refractivity contribution in [2.24, 2.45) is 7.05 Å². The minimum Gasteiger partial charge on any atom is -0.493 e. The lowest BCUT2D eigenvalue weighted by molar-refractivity contribution is 0.0940. The molecule has 0 aliphatic carbocycles. The van der Waals surface area contributed by atoms with Gasteiger partial charge >= 0.3 is 0 Å². The Morgan fingerprint density at radius 2 is 2.23 bits per heavy atom. The van der Waals surface area contributed by atoms with E-state index in [1.54, 1.807) is 17.1 Å². The molecule has 0 saturated carbocycles. The molecule has 8 heteroatoms. The van der Waals surface area contributed by atoms with Crippen LogP contribution in [0.25, 0.3) is 11.3 Å². The zero-order valence-corrected chi connectivity index (χ0v) is 16.9. The summed E-state index contributed by atoms with van der Waals surface area (Å²) in [6.07, 6.45) is 8.31. The molecule has 1 fully saturated rings. The molecule has 1 aromatic carbocycles. The van der Waals surface area contributed by atoms with Gasteiger partial charge in [-0.1, -0.05) is 0 Å². The van der Waals surface area contributed by atoms with Crippen molar-refractivity contribution in [3.8, 4) is 17.0 Å². The molecule has 0 bridgehead atoms. The number of carbonyl (C=O) groups excluding carboxylic acids is 1. The monoisotopic (exact) mass is 404 g/mol. The number of hydrogen-bond donors (Lipinski definition) is 1. The van der Waals surface area contributed by atoms with Crippen molar-refractivity contribution in [3.05, 3.63) is 54.0 Å². The van der Waals surface area contributed by atoms with E-state index in [-0.39, 0.29) is 11.9 Å². The fourth-order valence-corrected chi connectivity index (χ4v) is 4.05. The van der Waals surface area contributed by atoms with Crippen LogP contribution in [0, 0.1) is 0 Å². The zero-order chi connectivity index (χ0) is 20.5. The topological polar surface area (TPSA) is 85.2 Å². The molecule has 154 valence electrons. The lowest BCUT2D eigenvalue weighted by atomic mass is 10.0. The second-order valence-corrected chi connectivity index (χ2v) is 7.82. The highest BCUT2D eigenvalue weighted by Gasteiger charge is 2.26. The number of aryl methyl sites for hydroxylation is 2. The third kappa shape index (κ3) is 3.72. The van der Waals surface area contributed by atoms with Gasteiger partial charge in [-0.05, 0) is 49.1 Å². The molecule has 8 nitrogen and oxygen atoms in total. The second-order valence-electron chi connectivity index (χ2n) is 7.82. The summed E-state index contributed by atoms with van der Waals surface area (Å²) in [7, 11) is 1.88. The summed E-state index contributed by atoms with van der Waals surface area (Å²) in [5.74, 6) is 1.54. The maximum Gasteiger partial charge on any atom is 0.251 e. The molecule has 2 aliphatic rings. The van der Waals surface area contributed by atoms with Crippen molar-refractivity contribution in [2.75, 3.05) is 24.6 Å². The number of fused-ring (bicyclic) bond motifs is 1. The zero-order valence-electron chi connectivity index (χ0n) is 16.9. The van der Waals surface area contributed by atoms with Crippen LogP contribution >= 0.6 is 0 Å². The first-order chi connectivity index (χ1) is 14.7. The van der Waals surface area contributed by atoms with Gasteiger partial charge in [0, 0.05) is 49.7 Å². The predicted octanol–water partition coefficient (Wildman–Crippen LogP) is 2.21. The average molecular weight is 404 g/mol. The van der Waals surface area contributed by atoms with Crippen molar-refractivity contribution >= 4 is 11.9 Å². The Bertz CT molecular complexity index is 1080. The summed E-state index contributed by atoms with van der Waals surface area (Å²) >= 11 is 0. The van der Waals surface area contributed by atoms with Gasteiger partial charge in [-0.2, -0.15) is 5.10 Å². The Morgan fingerprint density at radius 3 is 3.10 bits per heavy atom. The second kappa shape index (κ2) is 7.78. The van der Waals surface area contributed by atoms with Gasteiger partial charge in [-0.3, -0.25) is 9.48 Å². The first-order valence-corrected chi connectivity index (χ1v) is 10.3. The van der Waals surface area contributed by atoms with Crippen LogP contribution in [0.4, 0.5) is 5.95 Å². The van der Waals surface area contributed by atoms with E-state index < -0.39 is 0 Å². The molecule has 3 aromatic rings. The molecule has 5 rings (SSSR count). The number of benzene rings is 1. The standard InChI is InChI=1S/C22H24N6O2/c1-27-13-17(12-24-27)19-6-8-23-22(26-19)28-9-7-18(14-28)25-21(29)16-4-5-20-15(11-16)3-2-10-30-20/h4-6,8,11-13,18H,2-3,7,9-10,14H2,1H3,(H,25,29). The number of rotatable bonds is 4. The Hall–Kier alpha value is -3.42. The van der Waals surface area contributed by atoms with Crippen molar-refractivity contribution in [2.45, 2.75) is 25.3 Å². The summed E-state index contributed by atoms with van der Waals surface area (Å²) in [6.45, 7) is 2.25. The van der Waals surface area contributed by atoms with Gasteiger partial charge in [0.25, 0.3) is 5.91 Å². The number of anilines is 1. The van der Waals surface area contributed by atoms with E-state index in [4.69, 9.17) is 9.72 Å². The van der Waals surface area contributed by atoms with Gasteiger partial charge in [-0.25, -0.2) is 9.97 Å². The normalized spacial score (nSPS) is 18.0. The molecule has 1 unspecified atom stereocenters. The number of nitrogens with one attached hydrogen (secondary N) is 1. The molecular weight excluding hydrogens is 380 g/mol. The first kappa shape index (κ1) is 18.6. The van der Waals surface area contributed by atoms with E-state index in [9.17, 15) is 4.79 Å². The number of aromatic nitrogens is 4. The number of nitrogens with zero attached hydrogens (tertiary/aromatic N) is 5. The summed E-state index contributed by atoms with van der Waals surface area (Å²) in [5.41, 5.74) is 3.61. The first-order valence-electron chi connectivity index (χ1n) is 10.3. The average Bonchev–Trinajstić information content (AvgIpc) is 3.42. The summed E-state index contributed by atoms with van der Waals surface area (Å²) < 4.78 is 7.40. The summed E-state index contributed by atoms with van der Waals surface area (Å²) in [6, 6.07) is 7.65. The minimum atomic E-state index is -0.0414. The number of carbonyl (C=O) groups is 1. The summed E-state index contributed by atoms with van der Waals surface area (Å²) in [4.78, 5) is 24.0. The Labute approximate surface area is 174 Å². The van der Waals surface area contributed by atoms with E-state index in [1.165, 1.54) is 0 Å². The van der Waals surface area contributed by atoms with Gasteiger partial charge in [-0.15, -0.1) is 0 Å². The molecule has 1 atom stereocenters. The van der Waals surface area contributed by atoms with Crippen LogP contribution in [0.1, 0.15) is 28.8 Å². The number of amides is 1. The van der Waals surface area contributed by atoms with E-state index >= 15 is 0 Å². The highest BCUT2D eigenvalue weighted by molar-refractivity contribution is 5.94. The Morgan fingerprint density at radius 1 is 1.30 bits per heavy atom. The molecular formula is C22H24N6O2. The van der Waals surface area contributed by atoms with E-state index in [0.29, 0.717) is 18.1 Å². The smallest absolute Gasteiger partial charge is 0.251 e. The molecule has 2 aromatic heterocycles. The molecule has 1 N–H and O–H groups in total. The predicted molar refractivity (Wildman–Crippen MR) is 113 cm³/mol. The highest BCUT2D eigenvalue weighted by Crippen LogP contribution is 2.26. The van der Waals surface area contributed by atoms with Gasteiger partial charge in [0.15, 0.2) is 0 Å². The molecule has 2 aliphatic heterocycles. The summed E-state index contributed by atoms with van der Waals surface area (Å²) in [5, 5.41) is 7.37. The van der Waals surface area contributed by atoms with Crippen molar-refractivity contribution in [1.29, 1.82) is 0 Å². The van der Waals surface area contributed by atoms with Crippen molar-refractivity contribution in [1.82, 2.24) is 25.1 Å². The molecule has 30 heavy (non-hydrogen) atoms. The largest absolute Gasteiger partial charge is 0.493 e. The Kier molecular flexibility index (Phi) is 4.82. The molecule has 0 spiro atoms. The third-order valence-electron chi connectivity index (χ3n) is 5.62. The lowest BCUT2D eigenvalue weighted by Gasteiger charge is -2.19. The fourth-order valence-electron chi connectivity index (χ4n) is 4.05. The van der Waals surface area contributed by atoms with Crippen LogP contribution in [0.3, 0.4) is 0 Å². The molecule has 1 saturated heterocycles. The van der Waals surface area contributed by atoms with Crippen LogP contribution < -0.4 is 15.0 Å². The highest BCUT2D eigenvalue weighted by atomic mass is 16.5.